The van der Waals surface area contributed by atoms with E-state index in [1.54, 1.807) is 7.05 Å². The second-order valence-corrected chi connectivity index (χ2v) is 16.3. The third-order valence-corrected chi connectivity index (χ3v) is 10.3. The van der Waals surface area contributed by atoms with E-state index in [9.17, 15) is 19.0 Å². The summed E-state index contributed by atoms with van der Waals surface area (Å²) in [4.78, 5) is 35.1. The van der Waals surface area contributed by atoms with Gasteiger partial charge < -0.3 is 19.7 Å². The Balaban J connectivity index is 4.33. The number of nitrogens with one attached hydrogen (secondary N) is 1. The number of phosphoric ester groups is 1. The molecule has 0 fully saturated rings. The Kier molecular flexibility index (Phi) is 42.1. The summed E-state index contributed by atoms with van der Waals surface area (Å²) in [6, 6.07) is 0. The second kappa shape index (κ2) is 44.0. The molecule has 58 heavy (non-hydrogen) atoms. The van der Waals surface area contributed by atoms with Gasteiger partial charge in [-0.05, 0) is 84.1 Å². The topological polar surface area (TPSA) is 120 Å². The van der Waals surface area contributed by atoms with Crippen molar-refractivity contribution < 1.29 is 37.6 Å². The van der Waals surface area contributed by atoms with Crippen LogP contribution in [0.15, 0.2) is 72.9 Å². The standard InChI is InChI=1S/C48H84NO8P/c1-4-6-8-10-12-14-16-18-20-22-23-25-26-28-30-32-34-36-38-40-47(50)54-44-46(45-56-58(52,53)55-43-42-49-3)57-48(51)41-39-37-35-33-31-29-27-24-21-19-17-15-13-11-9-7-5-2/h12,14,18-21,23,25,28,30,34,36,46,49H,4-11,13,15-17,22,24,26-27,29,31-33,35,37-45H2,1-3H3,(H,52,53)/b14-12-,20-18-,21-19-,25-23-,30-28-,36-34-. The molecule has 0 aliphatic heterocycles. The minimum atomic E-state index is -4.37. The van der Waals surface area contributed by atoms with Crippen molar-refractivity contribution in [3.8, 4) is 0 Å². The maximum absolute atomic E-state index is 12.6. The van der Waals surface area contributed by atoms with Gasteiger partial charge >= 0.3 is 19.8 Å². The Labute approximate surface area is 354 Å². The molecule has 0 spiro atoms. The number of allylic oxidation sites excluding steroid dienone is 12. The molecule has 0 aliphatic carbocycles. The molecule has 0 aromatic heterocycles. The predicted molar refractivity (Wildman–Crippen MR) is 243 cm³/mol. The van der Waals surface area contributed by atoms with E-state index in [2.05, 4.69) is 79.9 Å². The highest BCUT2D eigenvalue weighted by atomic mass is 31.2. The van der Waals surface area contributed by atoms with Crippen molar-refractivity contribution in [3.05, 3.63) is 72.9 Å². The number of rotatable bonds is 42. The quantitative estimate of drug-likeness (QED) is 0.0268. The number of hydrogen-bond acceptors (Lipinski definition) is 8. The fourth-order valence-electron chi connectivity index (χ4n) is 5.82. The molecule has 9 nitrogen and oxygen atoms in total. The third-order valence-electron chi connectivity index (χ3n) is 9.31. The Morgan fingerprint density at radius 1 is 0.534 bits per heavy atom. The molecule has 0 heterocycles. The Hall–Kier alpha value is -2.55. The van der Waals surface area contributed by atoms with Gasteiger partial charge in [0.25, 0.3) is 0 Å². The van der Waals surface area contributed by atoms with E-state index in [0.29, 0.717) is 19.4 Å². The molecule has 0 radical (unpaired) electrons. The van der Waals surface area contributed by atoms with Gasteiger partial charge in [-0.1, -0.05) is 164 Å². The Bertz CT molecular complexity index is 1180. The van der Waals surface area contributed by atoms with Crippen molar-refractivity contribution in [2.75, 3.05) is 33.4 Å². The number of carbonyl (C=O) groups is 2. The van der Waals surface area contributed by atoms with Crippen LogP contribution in [-0.4, -0.2) is 56.3 Å². The molecule has 0 aromatic rings. The van der Waals surface area contributed by atoms with Crippen LogP contribution in [0.2, 0.25) is 0 Å². The smallest absolute Gasteiger partial charge is 0.462 e. The Morgan fingerprint density at radius 2 is 0.966 bits per heavy atom. The number of carbonyl (C=O) groups excluding carboxylic acids is 2. The summed E-state index contributed by atoms with van der Waals surface area (Å²) in [6.45, 7) is 4.10. The van der Waals surface area contributed by atoms with Crippen molar-refractivity contribution in [3.63, 3.8) is 0 Å². The average molecular weight is 834 g/mol. The van der Waals surface area contributed by atoms with Crippen LogP contribution in [0, 0.1) is 0 Å². The zero-order chi connectivity index (χ0) is 42.5. The molecule has 0 rings (SSSR count). The molecule has 0 aliphatic rings. The van der Waals surface area contributed by atoms with Crippen LogP contribution in [-0.2, 0) is 32.7 Å². The third kappa shape index (κ3) is 43.0. The van der Waals surface area contributed by atoms with E-state index in [4.69, 9.17) is 18.5 Å². The number of likely N-dealkylation sites (N-methyl/N-ethyl adjacent to an activating group) is 1. The van der Waals surface area contributed by atoms with Crippen LogP contribution in [0.4, 0.5) is 0 Å². The summed E-state index contributed by atoms with van der Waals surface area (Å²) in [5.41, 5.74) is 0. The van der Waals surface area contributed by atoms with E-state index in [-0.39, 0.29) is 26.1 Å². The molecule has 2 N–H and O–H groups in total. The first-order valence-corrected chi connectivity index (χ1v) is 24.4. The first kappa shape index (κ1) is 55.5. The fourth-order valence-corrected chi connectivity index (χ4v) is 6.57. The Morgan fingerprint density at radius 3 is 1.50 bits per heavy atom. The first-order chi connectivity index (χ1) is 28.3. The zero-order valence-corrected chi connectivity index (χ0v) is 37.9. The second-order valence-electron chi connectivity index (χ2n) is 14.9. The van der Waals surface area contributed by atoms with Crippen molar-refractivity contribution in [2.45, 2.75) is 187 Å². The van der Waals surface area contributed by atoms with Crippen LogP contribution in [0.5, 0.6) is 0 Å². The normalized spacial score (nSPS) is 13.9. The lowest BCUT2D eigenvalue weighted by atomic mass is 10.1. The highest BCUT2D eigenvalue weighted by Gasteiger charge is 2.26. The van der Waals surface area contributed by atoms with Gasteiger partial charge in [0.15, 0.2) is 6.10 Å². The minimum absolute atomic E-state index is 0.0317. The van der Waals surface area contributed by atoms with Gasteiger partial charge in [-0.15, -0.1) is 0 Å². The van der Waals surface area contributed by atoms with Gasteiger partial charge in [0.1, 0.15) is 6.61 Å². The molecule has 0 aromatic carbocycles. The van der Waals surface area contributed by atoms with Crippen molar-refractivity contribution in [1.29, 1.82) is 0 Å². The van der Waals surface area contributed by atoms with E-state index in [0.717, 1.165) is 51.4 Å². The number of unbranched alkanes of at least 4 members (excludes halogenated alkanes) is 16. The van der Waals surface area contributed by atoms with Gasteiger partial charge in [-0.25, -0.2) is 4.57 Å². The predicted octanol–water partition coefficient (Wildman–Crippen LogP) is 13.3. The lowest BCUT2D eigenvalue weighted by molar-refractivity contribution is -0.161. The van der Waals surface area contributed by atoms with Gasteiger partial charge in [-0.2, -0.15) is 0 Å². The number of phosphoric acid groups is 1. The molecular formula is C48H84NO8P. The summed E-state index contributed by atoms with van der Waals surface area (Å²) in [7, 11) is -2.68. The highest BCUT2D eigenvalue weighted by molar-refractivity contribution is 7.47. The molecule has 0 saturated heterocycles. The minimum Gasteiger partial charge on any atom is -0.462 e. The zero-order valence-electron chi connectivity index (χ0n) is 37.0. The maximum Gasteiger partial charge on any atom is 0.472 e. The molecular weight excluding hydrogens is 750 g/mol. The lowest BCUT2D eigenvalue weighted by Gasteiger charge is -2.20. The molecule has 334 valence electrons. The van der Waals surface area contributed by atoms with Crippen LogP contribution >= 0.6 is 7.82 Å². The summed E-state index contributed by atoms with van der Waals surface area (Å²) in [6.07, 6.45) is 52.4. The molecule has 2 unspecified atom stereocenters. The van der Waals surface area contributed by atoms with Crippen LogP contribution in [0.1, 0.15) is 181 Å². The number of esters is 2. The summed E-state index contributed by atoms with van der Waals surface area (Å²) < 4.78 is 33.1. The van der Waals surface area contributed by atoms with Gasteiger partial charge in [0.05, 0.1) is 13.2 Å². The van der Waals surface area contributed by atoms with Crippen molar-refractivity contribution >= 4 is 19.8 Å². The average Bonchev–Trinajstić information content (AvgIpc) is 3.21. The summed E-state index contributed by atoms with van der Waals surface area (Å²) >= 11 is 0. The van der Waals surface area contributed by atoms with Gasteiger partial charge in [0, 0.05) is 19.4 Å². The molecule has 10 heteroatoms. The van der Waals surface area contributed by atoms with E-state index < -0.39 is 32.5 Å². The molecule has 2 atom stereocenters. The SMILES string of the molecule is CCCCC/C=C\C/C=C\C/C=C\C/C=C\C/C=C\CCC(=O)OCC(COP(=O)(O)OCCNC)OC(=O)CCCCCCCCC/C=C\CCCCCCCC. The fraction of sp³-hybridized carbons (Fsp3) is 0.708. The number of ether oxygens (including phenoxy) is 2. The highest BCUT2D eigenvalue weighted by Crippen LogP contribution is 2.43. The van der Waals surface area contributed by atoms with Crippen LogP contribution < -0.4 is 5.32 Å². The summed E-state index contributed by atoms with van der Waals surface area (Å²) in [5, 5.41) is 2.82. The van der Waals surface area contributed by atoms with Gasteiger partial charge in [0.2, 0.25) is 0 Å². The van der Waals surface area contributed by atoms with Crippen LogP contribution in [0.3, 0.4) is 0 Å². The molecule has 0 bridgehead atoms. The number of hydrogen-bond donors (Lipinski definition) is 2. The van der Waals surface area contributed by atoms with Crippen molar-refractivity contribution in [2.24, 2.45) is 0 Å². The maximum atomic E-state index is 12.6. The molecule has 0 amide bonds. The van der Waals surface area contributed by atoms with E-state index in [1.807, 2.05) is 12.2 Å². The monoisotopic (exact) mass is 834 g/mol. The summed E-state index contributed by atoms with van der Waals surface area (Å²) in [5.74, 6) is -0.911. The van der Waals surface area contributed by atoms with E-state index >= 15 is 0 Å². The first-order valence-electron chi connectivity index (χ1n) is 22.9. The largest absolute Gasteiger partial charge is 0.472 e. The van der Waals surface area contributed by atoms with Crippen LogP contribution in [0.25, 0.3) is 0 Å². The van der Waals surface area contributed by atoms with Crippen molar-refractivity contribution in [1.82, 2.24) is 5.32 Å². The van der Waals surface area contributed by atoms with E-state index in [1.165, 1.54) is 89.9 Å². The molecule has 0 saturated carbocycles. The van der Waals surface area contributed by atoms with Gasteiger partial charge in [-0.3, -0.25) is 18.6 Å². The lowest BCUT2D eigenvalue weighted by Crippen LogP contribution is -2.29.